The van der Waals surface area contributed by atoms with Gasteiger partial charge >= 0.3 is 6.18 Å². The van der Waals surface area contributed by atoms with Crippen LogP contribution >= 0.6 is 0 Å². The first-order chi connectivity index (χ1) is 15.6. The van der Waals surface area contributed by atoms with E-state index in [2.05, 4.69) is 0 Å². The Morgan fingerprint density at radius 2 is 1.74 bits per heavy atom. The van der Waals surface area contributed by atoms with Crippen molar-refractivity contribution in [2.24, 2.45) is 0 Å². The van der Waals surface area contributed by atoms with Crippen molar-refractivity contribution in [2.45, 2.75) is 26.8 Å². The van der Waals surface area contributed by atoms with Crippen molar-refractivity contribution in [3.63, 3.8) is 0 Å². The Morgan fingerprint density at radius 3 is 2.24 bits per heavy atom. The summed E-state index contributed by atoms with van der Waals surface area (Å²) >= 11 is 0. The fraction of sp³-hybridized carbons (Fsp3) is 0.316. The van der Waals surface area contributed by atoms with E-state index in [9.17, 15) is 49.0 Å². The van der Waals surface area contributed by atoms with Gasteiger partial charge < -0.3 is 10.2 Å². The van der Waals surface area contributed by atoms with Gasteiger partial charge in [-0.1, -0.05) is 0 Å². The number of rotatable bonds is 5. The van der Waals surface area contributed by atoms with E-state index < -0.39 is 89.1 Å². The zero-order valence-corrected chi connectivity index (χ0v) is 18.4. The van der Waals surface area contributed by atoms with Gasteiger partial charge in [0.1, 0.15) is 33.5 Å². The maximum absolute atomic E-state index is 14.3. The topological polar surface area (TPSA) is 136 Å². The Kier molecular flexibility index (Phi) is 6.52. The van der Waals surface area contributed by atoms with Gasteiger partial charge in [-0.2, -0.15) is 22.7 Å². The lowest BCUT2D eigenvalue weighted by Crippen LogP contribution is -2.49. The van der Waals surface area contributed by atoms with Gasteiger partial charge in [-0.05, 0) is 36.4 Å². The predicted molar refractivity (Wildman–Crippen MR) is 104 cm³/mol. The molecule has 1 fully saturated rings. The van der Waals surface area contributed by atoms with Crippen molar-refractivity contribution >= 4 is 19.9 Å². The van der Waals surface area contributed by atoms with Crippen LogP contribution in [0.1, 0.15) is 11.1 Å². The summed E-state index contributed by atoms with van der Waals surface area (Å²) in [6.07, 6.45) is -4.95. The summed E-state index contributed by atoms with van der Waals surface area (Å²) in [5.74, 6) is -2.96. The normalized spacial score (nSPS) is 22.0. The second-order valence-corrected chi connectivity index (χ2v) is 11.5. The minimum absolute atomic E-state index is 0.0467. The highest BCUT2D eigenvalue weighted by atomic mass is 32.2. The average molecular weight is 526 g/mol. The smallest absolute Gasteiger partial charge is 0.393 e. The Bertz CT molecular complexity index is 1390. The second kappa shape index (κ2) is 8.54. The number of hydrogen-bond acceptors (Lipinski definition) is 7. The summed E-state index contributed by atoms with van der Waals surface area (Å²) in [5.41, 5.74) is -4.55. The molecule has 15 heteroatoms. The van der Waals surface area contributed by atoms with E-state index in [-0.39, 0.29) is 6.07 Å². The van der Waals surface area contributed by atoms with Crippen LogP contribution in [-0.4, -0.2) is 61.9 Å². The first kappa shape index (κ1) is 26.0. The summed E-state index contributed by atoms with van der Waals surface area (Å²) in [6.45, 7) is -3.34. The molecule has 1 saturated heterocycles. The zero-order valence-electron chi connectivity index (χ0n) is 16.8. The SMILES string of the molecule is N#Cc1ccc(S(=O)(=O)[C@H]2CN(S(=O)(=O)c3ccc(C(F)(F)F)cc3F)C[C@@]2(O)CO)cc1F. The molecule has 2 atom stereocenters. The third-order valence-corrected chi connectivity index (χ3v) is 9.43. The molecule has 2 aromatic rings. The lowest BCUT2D eigenvalue weighted by molar-refractivity contribution is -0.137. The van der Waals surface area contributed by atoms with Crippen molar-refractivity contribution in [2.75, 3.05) is 19.7 Å². The van der Waals surface area contributed by atoms with Crippen molar-refractivity contribution in [3.05, 3.63) is 59.2 Å². The minimum Gasteiger partial charge on any atom is -0.393 e. The minimum atomic E-state index is -4.97. The molecule has 0 saturated carbocycles. The first-order valence-electron chi connectivity index (χ1n) is 9.21. The van der Waals surface area contributed by atoms with Gasteiger partial charge in [0.25, 0.3) is 0 Å². The summed E-state index contributed by atoms with van der Waals surface area (Å²) in [4.78, 5) is -1.93. The van der Waals surface area contributed by atoms with E-state index in [0.717, 1.165) is 12.1 Å². The number of nitrogens with zero attached hydrogens (tertiary/aromatic N) is 2. The fourth-order valence-corrected chi connectivity index (χ4v) is 7.12. The molecule has 0 unspecified atom stereocenters. The molecule has 34 heavy (non-hydrogen) atoms. The first-order valence-corrected chi connectivity index (χ1v) is 12.2. The van der Waals surface area contributed by atoms with E-state index >= 15 is 0 Å². The van der Waals surface area contributed by atoms with Crippen molar-refractivity contribution in [1.29, 1.82) is 5.26 Å². The number of alkyl halides is 3. The predicted octanol–water partition coefficient (Wildman–Crippen LogP) is 1.43. The van der Waals surface area contributed by atoms with Crippen molar-refractivity contribution < 1.29 is 49.0 Å². The molecule has 0 radical (unpaired) electrons. The van der Waals surface area contributed by atoms with Gasteiger partial charge in [0.15, 0.2) is 9.84 Å². The molecule has 2 aromatic carbocycles. The molecule has 0 aromatic heterocycles. The van der Waals surface area contributed by atoms with E-state index in [1.807, 2.05) is 0 Å². The summed E-state index contributed by atoms with van der Waals surface area (Å²) in [6, 6.07) is 4.28. The van der Waals surface area contributed by atoms with Crippen LogP contribution in [0.5, 0.6) is 0 Å². The summed E-state index contributed by atoms with van der Waals surface area (Å²) in [7, 11) is -9.69. The van der Waals surface area contributed by atoms with Crippen LogP contribution in [0, 0.1) is 23.0 Å². The van der Waals surface area contributed by atoms with Crippen LogP contribution < -0.4 is 0 Å². The number of β-amino-alcohol motifs (C(OH)–C–C–N with tert-alkyl or cyclic N) is 1. The molecule has 0 aliphatic carbocycles. The lowest BCUT2D eigenvalue weighted by Gasteiger charge is -2.26. The van der Waals surface area contributed by atoms with Gasteiger partial charge in [0.2, 0.25) is 10.0 Å². The second-order valence-electron chi connectivity index (χ2n) is 7.49. The highest BCUT2D eigenvalue weighted by Gasteiger charge is 2.55. The Balaban J connectivity index is 2.03. The molecule has 2 N–H and O–H groups in total. The molecule has 1 heterocycles. The van der Waals surface area contributed by atoms with Gasteiger partial charge in [0, 0.05) is 13.1 Å². The van der Waals surface area contributed by atoms with Gasteiger partial charge in [-0.15, -0.1) is 0 Å². The van der Waals surface area contributed by atoms with Crippen LogP contribution in [0.15, 0.2) is 46.2 Å². The molecule has 184 valence electrons. The van der Waals surface area contributed by atoms with Gasteiger partial charge in [-0.3, -0.25) is 0 Å². The zero-order chi connectivity index (χ0) is 25.7. The molecule has 0 spiro atoms. The molecule has 1 aliphatic rings. The van der Waals surface area contributed by atoms with E-state index in [1.54, 1.807) is 0 Å². The molecule has 0 bridgehead atoms. The maximum Gasteiger partial charge on any atom is 0.416 e. The van der Waals surface area contributed by atoms with Crippen molar-refractivity contribution in [1.82, 2.24) is 4.31 Å². The number of sulfone groups is 1. The third-order valence-electron chi connectivity index (χ3n) is 5.33. The molecule has 8 nitrogen and oxygen atoms in total. The molecule has 3 rings (SSSR count). The molecular weight excluding hydrogens is 511 g/mol. The number of halogens is 5. The summed E-state index contributed by atoms with van der Waals surface area (Å²) in [5, 5.41) is 27.1. The van der Waals surface area contributed by atoms with E-state index in [4.69, 9.17) is 5.26 Å². The van der Waals surface area contributed by atoms with E-state index in [1.165, 1.54) is 6.07 Å². The highest BCUT2D eigenvalue weighted by molar-refractivity contribution is 7.92. The highest BCUT2D eigenvalue weighted by Crippen LogP contribution is 2.36. The van der Waals surface area contributed by atoms with Crippen LogP contribution in [0.2, 0.25) is 0 Å². The van der Waals surface area contributed by atoms with E-state index in [0.29, 0.717) is 22.5 Å². The maximum atomic E-state index is 14.3. The Hall–Kier alpha value is -2.64. The fourth-order valence-electron chi connectivity index (χ4n) is 3.50. The Morgan fingerprint density at radius 1 is 1.09 bits per heavy atom. The lowest BCUT2D eigenvalue weighted by atomic mass is 10.1. The van der Waals surface area contributed by atoms with Gasteiger partial charge in [0.05, 0.1) is 22.6 Å². The number of nitriles is 1. The number of aliphatic hydroxyl groups is 2. The number of benzene rings is 2. The van der Waals surface area contributed by atoms with Crippen LogP contribution in [0.25, 0.3) is 0 Å². The van der Waals surface area contributed by atoms with Crippen molar-refractivity contribution in [3.8, 4) is 6.07 Å². The summed E-state index contributed by atoms with van der Waals surface area (Å²) < 4.78 is 119. The Labute approximate surface area is 190 Å². The average Bonchev–Trinajstić information content (AvgIpc) is 3.12. The van der Waals surface area contributed by atoms with Crippen LogP contribution in [0.3, 0.4) is 0 Å². The number of hydrogen-bond donors (Lipinski definition) is 2. The third kappa shape index (κ3) is 4.39. The number of sulfonamides is 1. The quantitative estimate of drug-likeness (QED) is 0.563. The largest absolute Gasteiger partial charge is 0.416 e. The van der Waals surface area contributed by atoms with Gasteiger partial charge in [-0.25, -0.2) is 25.6 Å². The molecule has 0 amide bonds. The number of aliphatic hydroxyl groups excluding tert-OH is 1. The molecule has 1 aliphatic heterocycles. The van der Waals surface area contributed by atoms with Crippen LogP contribution in [0.4, 0.5) is 22.0 Å². The standard InChI is InChI=1S/C19H15F5N2O6S2/c20-14-6-13(3-1-11(14)7-25)33(29,30)17-8-26(9-18(17,28)10-27)34(31,32)16-4-2-12(5-15(16)21)19(22,23)24/h1-6,17,27-28H,8-10H2/t17-,18+/m0/s1. The molecular formula is C19H15F5N2O6S2. The van der Waals surface area contributed by atoms with Crippen LogP contribution in [-0.2, 0) is 26.0 Å². The monoisotopic (exact) mass is 526 g/mol.